The van der Waals surface area contributed by atoms with E-state index in [9.17, 15) is 9.18 Å². The summed E-state index contributed by atoms with van der Waals surface area (Å²) in [5.74, 6) is 0.124. The molecule has 2 aromatic heterocycles. The van der Waals surface area contributed by atoms with Gasteiger partial charge in [-0.3, -0.25) is 4.79 Å². The molecule has 5 nitrogen and oxygen atoms in total. The van der Waals surface area contributed by atoms with Crippen molar-refractivity contribution in [3.05, 3.63) is 51.8 Å². The lowest BCUT2D eigenvalue weighted by Gasteiger charge is -2.35. The maximum Gasteiger partial charge on any atom is 0.256 e. The monoisotopic (exact) mass is 420 g/mol. The fraction of sp³-hybridized carbons (Fsp3) is 0.235. The van der Waals surface area contributed by atoms with Gasteiger partial charge >= 0.3 is 0 Å². The molecule has 1 aromatic carbocycles. The lowest BCUT2D eigenvalue weighted by molar-refractivity contribution is 0.0742. The van der Waals surface area contributed by atoms with Crippen molar-refractivity contribution in [3.8, 4) is 0 Å². The second-order valence-electron chi connectivity index (χ2n) is 5.74. The van der Waals surface area contributed by atoms with E-state index in [-0.39, 0.29) is 11.5 Å². The quantitative estimate of drug-likeness (QED) is 0.635. The molecule has 1 fully saturated rings. The van der Waals surface area contributed by atoms with Gasteiger partial charge in [-0.05, 0) is 29.6 Å². The number of rotatable bonds is 2. The van der Waals surface area contributed by atoms with Crippen molar-refractivity contribution in [3.63, 3.8) is 0 Å². The predicted molar refractivity (Wildman–Crippen MR) is 99.6 cm³/mol. The van der Waals surface area contributed by atoms with Gasteiger partial charge in [0.05, 0.1) is 10.9 Å². The molecule has 0 bridgehead atoms. The van der Waals surface area contributed by atoms with E-state index in [1.54, 1.807) is 28.6 Å². The molecule has 0 aliphatic carbocycles. The van der Waals surface area contributed by atoms with Gasteiger partial charge < -0.3 is 9.80 Å². The van der Waals surface area contributed by atoms with E-state index in [0.717, 1.165) is 16.0 Å². The summed E-state index contributed by atoms with van der Waals surface area (Å²) in [7, 11) is 0. The number of benzene rings is 1. The minimum absolute atomic E-state index is 0.110. The van der Waals surface area contributed by atoms with Gasteiger partial charge in [-0.1, -0.05) is 15.9 Å². The molecule has 0 N–H and O–H groups in total. The number of aromatic nitrogens is 2. The third-order valence-electron chi connectivity index (χ3n) is 4.27. The highest BCUT2D eigenvalue weighted by Gasteiger charge is 2.25. The Morgan fingerprint density at radius 2 is 1.96 bits per heavy atom. The van der Waals surface area contributed by atoms with Crippen molar-refractivity contribution < 1.29 is 9.18 Å². The summed E-state index contributed by atoms with van der Waals surface area (Å²) in [6.45, 7) is 2.38. The molecule has 3 aromatic rings. The first-order valence-electron chi connectivity index (χ1n) is 7.81. The van der Waals surface area contributed by atoms with E-state index in [0.29, 0.717) is 30.7 Å². The van der Waals surface area contributed by atoms with Gasteiger partial charge in [0.1, 0.15) is 22.8 Å². The first-order chi connectivity index (χ1) is 12.1. The zero-order valence-electron chi connectivity index (χ0n) is 13.2. The molecule has 0 saturated carbocycles. The maximum absolute atomic E-state index is 14.0. The van der Waals surface area contributed by atoms with Crippen LogP contribution in [0.15, 0.2) is 40.4 Å². The smallest absolute Gasteiger partial charge is 0.256 e. The Balaban J connectivity index is 1.50. The van der Waals surface area contributed by atoms with Crippen molar-refractivity contribution in [2.45, 2.75) is 0 Å². The molecule has 1 saturated heterocycles. The Labute approximate surface area is 156 Å². The van der Waals surface area contributed by atoms with Gasteiger partial charge in [0.15, 0.2) is 0 Å². The normalized spacial score (nSPS) is 15.0. The van der Waals surface area contributed by atoms with Crippen LogP contribution in [0, 0.1) is 5.82 Å². The fourth-order valence-electron chi connectivity index (χ4n) is 2.98. The van der Waals surface area contributed by atoms with Crippen molar-refractivity contribution >= 4 is 49.2 Å². The summed E-state index contributed by atoms with van der Waals surface area (Å²) in [6.07, 6.45) is 1.57. The van der Waals surface area contributed by atoms with Crippen LogP contribution in [-0.4, -0.2) is 47.0 Å². The molecular weight excluding hydrogens is 407 g/mol. The molecule has 3 heterocycles. The molecule has 1 aliphatic heterocycles. The molecule has 8 heteroatoms. The number of anilines is 1. The number of carbonyl (C=O) groups is 1. The number of piperazine rings is 1. The van der Waals surface area contributed by atoms with Crippen LogP contribution < -0.4 is 4.90 Å². The van der Waals surface area contributed by atoms with E-state index in [1.165, 1.54) is 12.1 Å². The van der Waals surface area contributed by atoms with Gasteiger partial charge in [0, 0.05) is 30.7 Å². The number of halogens is 2. The molecule has 0 unspecified atom stereocenters. The summed E-state index contributed by atoms with van der Waals surface area (Å²) in [5.41, 5.74) is 0.110. The Kier molecular flexibility index (Phi) is 4.39. The molecule has 128 valence electrons. The molecule has 0 spiro atoms. The highest BCUT2D eigenvalue weighted by molar-refractivity contribution is 9.10. The zero-order valence-corrected chi connectivity index (χ0v) is 15.6. The van der Waals surface area contributed by atoms with Crippen molar-refractivity contribution in [1.29, 1.82) is 0 Å². The summed E-state index contributed by atoms with van der Waals surface area (Å²) >= 11 is 4.79. The third-order valence-corrected chi connectivity index (χ3v) is 5.58. The average Bonchev–Trinajstić information content (AvgIpc) is 3.10. The number of thiophene rings is 1. The van der Waals surface area contributed by atoms with E-state index in [4.69, 9.17) is 0 Å². The summed E-state index contributed by atoms with van der Waals surface area (Å²) in [5, 5.41) is 3.03. The first kappa shape index (κ1) is 16.4. The number of amides is 1. The lowest BCUT2D eigenvalue weighted by Crippen LogP contribution is -2.49. The van der Waals surface area contributed by atoms with Gasteiger partial charge in [0.2, 0.25) is 0 Å². The molecule has 4 rings (SSSR count). The molecule has 1 aliphatic rings. The fourth-order valence-corrected chi connectivity index (χ4v) is 4.04. The van der Waals surface area contributed by atoms with Gasteiger partial charge in [-0.2, -0.15) is 0 Å². The second-order valence-corrected chi connectivity index (χ2v) is 7.55. The largest absolute Gasteiger partial charge is 0.352 e. The summed E-state index contributed by atoms with van der Waals surface area (Å²) in [6, 6.07) is 6.54. The Morgan fingerprint density at radius 3 is 2.72 bits per heavy atom. The van der Waals surface area contributed by atoms with E-state index in [2.05, 4.69) is 30.8 Å². The van der Waals surface area contributed by atoms with Gasteiger partial charge in [-0.25, -0.2) is 14.4 Å². The molecular formula is C17H14BrFN4OS. The Hall–Kier alpha value is -2.06. The Morgan fingerprint density at radius 1 is 1.16 bits per heavy atom. The van der Waals surface area contributed by atoms with Crippen LogP contribution in [0.5, 0.6) is 0 Å². The summed E-state index contributed by atoms with van der Waals surface area (Å²) < 4.78 is 14.7. The van der Waals surface area contributed by atoms with Crippen LogP contribution in [0.1, 0.15) is 10.4 Å². The van der Waals surface area contributed by atoms with Gasteiger partial charge in [0.25, 0.3) is 5.91 Å². The highest BCUT2D eigenvalue weighted by Crippen LogP contribution is 2.27. The zero-order chi connectivity index (χ0) is 17.4. The van der Waals surface area contributed by atoms with E-state index < -0.39 is 5.82 Å². The lowest BCUT2D eigenvalue weighted by atomic mass is 10.1. The van der Waals surface area contributed by atoms with Crippen LogP contribution in [-0.2, 0) is 0 Å². The average molecular weight is 421 g/mol. The minimum atomic E-state index is -0.502. The molecule has 0 radical (unpaired) electrons. The van der Waals surface area contributed by atoms with Crippen molar-refractivity contribution in [2.24, 2.45) is 0 Å². The topological polar surface area (TPSA) is 49.3 Å². The molecule has 25 heavy (non-hydrogen) atoms. The van der Waals surface area contributed by atoms with Crippen LogP contribution in [0.4, 0.5) is 10.2 Å². The highest BCUT2D eigenvalue weighted by atomic mass is 79.9. The van der Waals surface area contributed by atoms with E-state index in [1.807, 2.05) is 11.4 Å². The first-order valence-corrected chi connectivity index (χ1v) is 9.48. The second kappa shape index (κ2) is 6.68. The summed E-state index contributed by atoms with van der Waals surface area (Å²) in [4.78, 5) is 26.0. The maximum atomic E-state index is 14.0. The number of hydrogen-bond acceptors (Lipinski definition) is 5. The van der Waals surface area contributed by atoms with Crippen LogP contribution in [0.2, 0.25) is 0 Å². The molecule has 1 amide bonds. The number of hydrogen-bond donors (Lipinski definition) is 0. The standard InChI is InChI=1S/C17H14BrFN4OS/c18-11-1-2-12(14(19)9-11)17(24)23-6-4-22(5-7-23)15-13-3-8-25-16(13)21-10-20-15/h1-3,8-10H,4-7H2. The number of carbonyl (C=O) groups excluding carboxylic acids is 1. The molecule has 0 atom stereocenters. The van der Waals surface area contributed by atoms with E-state index >= 15 is 0 Å². The minimum Gasteiger partial charge on any atom is -0.352 e. The Bertz CT molecular complexity index is 939. The van der Waals surface area contributed by atoms with Crippen LogP contribution >= 0.6 is 27.3 Å². The predicted octanol–water partition coefficient (Wildman–Crippen LogP) is 3.56. The number of nitrogens with zero attached hydrogens (tertiary/aromatic N) is 4. The van der Waals surface area contributed by atoms with Crippen molar-refractivity contribution in [2.75, 3.05) is 31.1 Å². The van der Waals surface area contributed by atoms with Crippen LogP contribution in [0.3, 0.4) is 0 Å². The van der Waals surface area contributed by atoms with Crippen molar-refractivity contribution in [1.82, 2.24) is 14.9 Å². The third kappa shape index (κ3) is 3.11. The SMILES string of the molecule is O=C(c1ccc(Br)cc1F)N1CCN(c2ncnc3sccc23)CC1. The van der Waals surface area contributed by atoms with Crippen LogP contribution in [0.25, 0.3) is 10.2 Å². The number of fused-ring (bicyclic) bond motifs is 1. The van der Waals surface area contributed by atoms with Gasteiger partial charge in [-0.15, -0.1) is 11.3 Å².